The van der Waals surface area contributed by atoms with Crippen LogP contribution in [0, 0.1) is 0 Å². The Hall–Kier alpha value is -1.69. The number of aromatic nitrogens is 2. The molecule has 1 atom stereocenters. The molecule has 0 bridgehead atoms. The summed E-state index contributed by atoms with van der Waals surface area (Å²) >= 11 is 0. The van der Waals surface area contributed by atoms with Gasteiger partial charge in [0.2, 0.25) is 0 Å². The molecule has 1 fully saturated rings. The zero-order valence-electron chi connectivity index (χ0n) is 15.1. The monoisotopic (exact) mass is 332 g/mol. The number of nitrogens with zero attached hydrogens (tertiary/aromatic N) is 3. The van der Waals surface area contributed by atoms with E-state index in [4.69, 9.17) is 9.72 Å². The standard InChI is InChI=1S/C18H28N4O2/c1-12(20-17(23)24-18(2,3)4)10-22-8-7-15-14(11-22)9-19-16(21-15)13-5-6-13/h9,12-13H,5-8,10-11H2,1-4H3,(H,20,23). The molecule has 1 aromatic rings. The molecular formula is C18H28N4O2. The minimum Gasteiger partial charge on any atom is -0.444 e. The lowest BCUT2D eigenvalue weighted by Crippen LogP contribution is -2.45. The molecule has 2 aliphatic rings. The van der Waals surface area contributed by atoms with Gasteiger partial charge in [-0.25, -0.2) is 14.8 Å². The summed E-state index contributed by atoms with van der Waals surface area (Å²) in [5, 5.41) is 2.91. The van der Waals surface area contributed by atoms with Crippen LogP contribution in [0.1, 0.15) is 63.5 Å². The minimum absolute atomic E-state index is 0.0352. The van der Waals surface area contributed by atoms with Crippen molar-refractivity contribution in [1.82, 2.24) is 20.2 Å². The van der Waals surface area contributed by atoms with Crippen LogP contribution in [-0.4, -0.2) is 45.7 Å². The van der Waals surface area contributed by atoms with E-state index in [0.29, 0.717) is 5.92 Å². The molecule has 1 saturated carbocycles. The fraction of sp³-hybridized carbons (Fsp3) is 0.722. The van der Waals surface area contributed by atoms with Crippen molar-refractivity contribution >= 4 is 6.09 Å². The number of ether oxygens (including phenoxy) is 1. The van der Waals surface area contributed by atoms with Crippen molar-refractivity contribution in [3.63, 3.8) is 0 Å². The summed E-state index contributed by atoms with van der Waals surface area (Å²) in [5.41, 5.74) is 1.95. The largest absolute Gasteiger partial charge is 0.444 e. The Balaban J connectivity index is 1.51. The lowest BCUT2D eigenvalue weighted by Gasteiger charge is -2.30. The normalized spacial score (nSPS) is 19.5. The second kappa shape index (κ2) is 6.67. The highest BCUT2D eigenvalue weighted by Gasteiger charge is 2.28. The Kier molecular flexibility index (Phi) is 4.76. The van der Waals surface area contributed by atoms with Crippen molar-refractivity contribution in [3.8, 4) is 0 Å². The van der Waals surface area contributed by atoms with Crippen molar-refractivity contribution in [2.45, 2.75) is 71.1 Å². The molecule has 24 heavy (non-hydrogen) atoms. The number of alkyl carbamates (subject to hydrolysis) is 1. The van der Waals surface area contributed by atoms with E-state index in [0.717, 1.165) is 31.9 Å². The molecule has 1 aromatic heterocycles. The van der Waals surface area contributed by atoms with Gasteiger partial charge in [-0.2, -0.15) is 0 Å². The summed E-state index contributed by atoms with van der Waals surface area (Å²) in [6, 6.07) is 0.0352. The van der Waals surface area contributed by atoms with Crippen LogP contribution in [0.5, 0.6) is 0 Å². The molecule has 0 aromatic carbocycles. The predicted octanol–water partition coefficient (Wildman–Crippen LogP) is 2.63. The average Bonchev–Trinajstić information content (AvgIpc) is 3.29. The zero-order valence-corrected chi connectivity index (χ0v) is 15.1. The molecule has 0 saturated heterocycles. The maximum absolute atomic E-state index is 11.8. The SMILES string of the molecule is CC(CN1CCc2nc(C3CC3)ncc2C1)NC(=O)OC(C)(C)C. The Morgan fingerprint density at radius 2 is 2.21 bits per heavy atom. The molecule has 1 amide bonds. The van der Waals surface area contributed by atoms with Gasteiger partial charge >= 0.3 is 6.09 Å². The topological polar surface area (TPSA) is 67.4 Å². The van der Waals surface area contributed by atoms with Gasteiger partial charge in [-0.15, -0.1) is 0 Å². The number of amides is 1. The van der Waals surface area contributed by atoms with Crippen LogP contribution < -0.4 is 5.32 Å². The average molecular weight is 332 g/mol. The van der Waals surface area contributed by atoms with Gasteiger partial charge in [0.1, 0.15) is 11.4 Å². The van der Waals surface area contributed by atoms with Gasteiger partial charge in [0.25, 0.3) is 0 Å². The van der Waals surface area contributed by atoms with E-state index < -0.39 is 5.60 Å². The number of carbonyl (C=O) groups is 1. The lowest BCUT2D eigenvalue weighted by molar-refractivity contribution is 0.0495. The third-order valence-corrected chi connectivity index (χ3v) is 4.27. The molecule has 0 radical (unpaired) electrons. The number of fused-ring (bicyclic) bond motifs is 1. The van der Waals surface area contributed by atoms with E-state index in [1.165, 1.54) is 24.1 Å². The van der Waals surface area contributed by atoms with Crippen molar-refractivity contribution < 1.29 is 9.53 Å². The summed E-state index contributed by atoms with van der Waals surface area (Å²) in [4.78, 5) is 23.5. The van der Waals surface area contributed by atoms with Crippen molar-refractivity contribution in [3.05, 3.63) is 23.3 Å². The van der Waals surface area contributed by atoms with Crippen LogP contribution in [0.3, 0.4) is 0 Å². The molecule has 0 spiro atoms. The Morgan fingerprint density at radius 3 is 2.88 bits per heavy atom. The van der Waals surface area contributed by atoms with Gasteiger partial charge in [-0.3, -0.25) is 4.90 Å². The molecule has 6 nitrogen and oxygen atoms in total. The fourth-order valence-electron chi connectivity index (χ4n) is 3.03. The van der Waals surface area contributed by atoms with Crippen LogP contribution in [0.2, 0.25) is 0 Å². The molecule has 2 heterocycles. The molecule has 6 heteroatoms. The van der Waals surface area contributed by atoms with Gasteiger partial charge < -0.3 is 10.1 Å². The van der Waals surface area contributed by atoms with Crippen molar-refractivity contribution in [1.29, 1.82) is 0 Å². The lowest BCUT2D eigenvalue weighted by atomic mass is 10.1. The van der Waals surface area contributed by atoms with Gasteiger partial charge in [0, 0.05) is 55.5 Å². The highest BCUT2D eigenvalue weighted by Crippen LogP contribution is 2.38. The first-order valence-electron chi connectivity index (χ1n) is 8.87. The third kappa shape index (κ3) is 4.66. The summed E-state index contributed by atoms with van der Waals surface area (Å²) in [5.74, 6) is 1.63. The van der Waals surface area contributed by atoms with E-state index in [1.807, 2.05) is 33.9 Å². The molecule has 132 valence electrons. The Labute approximate surface area is 144 Å². The summed E-state index contributed by atoms with van der Waals surface area (Å²) in [6.07, 6.45) is 5.06. The van der Waals surface area contributed by atoms with E-state index in [9.17, 15) is 4.79 Å². The van der Waals surface area contributed by atoms with Crippen LogP contribution in [0.25, 0.3) is 0 Å². The van der Waals surface area contributed by atoms with Crippen LogP contribution in [-0.2, 0) is 17.7 Å². The van der Waals surface area contributed by atoms with Crippen LogP contribution in [0.4, 0.5) is 4.79 Å². The molecule has 3 rings (SSSR count). The Bertz CT molecular complexity index is 608. The third-order valence-electron chi connectivity index (χ3n) is 4.27. The number of hydrogen-bond donors (Lipinski definition) is 1. The van der Waals surface area contributed by atoms with E-state index in [2.05, 4.69) is 15.2 Å². The first-order chi connectivity index (χ1) is 11.3. The number of carbonyl (C=O) groups excluding carboxylic acids is 1. The molecule has 1 aliphatic carbocycles. The molecular weight excluding hydrogens is 304 g/mol. The zero-order chi connectivity index (χ0) is 17.3. The maximum atomic E-state index is 11.8. The van der Waals surface area contributed by atoms with Crippen LogP contribution in [0.15, 0.2) is 6.20 Å². The summed E-state index contributed by atoms with van der Waals surface area (Å²) < 4.78 is 5.31. The fourth-order valence-corrected chi connectivity index (χ4v) is 3.03. The minimum atomic E-state index is -0.468. The second-order valence-corrected chi connectivity index (χ2v) is 8.01. The Morgan fingerprint density at radius 1 is 1.46 bits per heavy atom. The first-order valence-corrected chi connectivity index (χ1v) is 8.87. The highest BCUT2D eigenvalue weighted by molar-refractivity contribution is 5.68. The highest BCUT2D eigenvalue weighted by atomic mass is 16.6. The van der Waals surface area contributed by atoms with Gasteiger partial charge in [-0.1, -0.05) is 0 Å². The van der Waals surface area contributed by atoms with E-state index >= 15 is 0 Å². The van der Waals surface area contributed by atoms with Crippen LogP contribution >= 0.6 is 0 Å². The number of rotatable bonds is 4. The van der Waals surface area contributed by atoms with E-state index in [-0.39, 0.29) is 12.1 Å². The van der Waals surface area contributed by atoms with E-state index in [1.54, 1.807) is 0 Å². The molecule has 1 aliphatic heterocycles. The van der Waals surface area contributed by atoms with Gasteiger partial charge in [0.15, 0.2) is 0 Å². The van der Waals surface area contributed by atoms with Crippen molar-refractivity contribution in [2.75, 3.05) is 13.1 Å². The quantitative estimate of drug-likeness (QED) is 0.918. The van der Waals surface area contributed by atoms with Crippen molar-refractivity contribution in [2.24, 2.45) is 0 Å². The predicted molar refractivity (Wildman–Crippen MR) is 91.8 cm³/mol. The molecule has 1 N–H and O–H groups in total. The van der Waals surface area contributed by atoms with Gasteiger partial charge in [0.05, 0.1) is 0 Å². The maximum Gasteiger partial charge on any atom is 0.407 e. The smallest absolute Gasteiger partial charge is 0.407 e. The number of nitrogens with one attached hydrogen (secondary N) is 1. The van der Waals surface area contributed by atoms with Gasteiger partial charge in [-0.05, 0) is 40.5 Å². The summed E-state index contributed by atoms with van der Waals surface area (Å²) in [7, 11) is 0. The first kappa shape index (κ1) is 17.1. The molecule has 1 unspecified atom stereocenters. The second-order valence-electron chi connectivity index (χ2n) is 8.01. The summed E-state index contributed by atoms with van der Waals surface area (Å²) in [6.45, 7) is 10.2. The number of hydrogen-bond acceptors (Lipinski definition) is 5.